The van der Waals surface area contributed by atoms with Gasteiger partial charge in [0.15, 0.2) is 11.4 Å². The lowest BCUT2D eigenvalue weighted by molar-refractivity contribution is -0.115. The van der Waals surface area contributed by atoms with E-state index in [1.165, 1.54) is 19.3 Å². The van der Waals surface area contributed by atoms with Crippen molar-refractivity contribution in [2.24, 2.45) is 0 Å². The lowest BCUT2D eigenvalue weighted by atomic mass is 9.92. The molecule has 0 unspecified atom stereocenters. The number of aromatic nitrogens is 3. The Labute approximate surface area is 189 Å². The summed E-state index contributed by atoms with van der Waals surface area (Å²) in [6, 6.07) is 2.32. The molecule has 6 heteroatoms. The van der Waals surface area contributed by atoms with Gasteiger partial charge in [0.1, 0.15) is 0 Å². The quantitative estimate of drug-likeness (QED) is 0.714. The number of Topliss-reactive ketones (excluding diaryl/α,β-unsaturated/α-hetero) is 1. The lowest BCUT2D eigenvalue weighted by Gasteiger charge is -2.22. The van der Waals surface area contributed by atoms with Crippen molar-refractivity contribution in [2.45, 2.75) is 84.1 Å². The van der Waals surface area contributed by atoms with Crippen molar-refractivity contribution in [3.8, 4) is 0 Å². The average molecular weight is 433 g/mol. The van der Waals surface area contributed by atoms with Gasteiger partial charge in [0.25, 0.3) is 5.91 Å². The van der Waals surface area contributed by atoms with E-state index in [2.05, 4.69) is 10.00 Å². The van der Waals surface area contributed by atoms with Crippen LogP contribution in [0.1, 0.15) is 98.9 Å². The summed E-state index contributed by atoms with van der Waals surface area (Å²) in [5.41, 5.74) is 6.07. The topological polar surface area (TPSA) is 76.9 Å². The van der Waals surface area contributed by atoms with E-state index >= 15 is 0 Å². The molecule has 1 amide bonds. The maximum absolute atomic E-state index is 13.4. The Morgan fingerprint density at radius 3 is 2.56 bits per heavy atom. The van der Waals surface area contributed by atoms with E-state index < -0.39 is 0 Å². The van der Waals surface area contributed by atoms with Crippen molar-refractivity contribution in [3.05, 3.63) is 45.8 Å². The van der Waals surface area contributed by atoms with Gasteiger partial charge in [0.05, 0.1) is 22.7 Å². The zero-order valence-corrected chi connectivity index (χ0v) is 19.3. The highest BCUT2D eigenvalue weighted by molar-refractivity contribution is 6.07. The number of carbonyl (C=O) groups excluding carboxylic acids is 2. The number of hydrogen-bond acceptors (Lipinski definition) is 4. The van der Waals surface area contributed by atoms with Crippen LogP contribution in [0, 0.1) is 6.92 Å². The first-order chi connectivity index (χ1) is 15.4. The predicted molar refractivity (Wildman–Crippen MR) is 125 cm³/mol. The Morgan fingerprint density at radius 1 is 1.12 bits per heavy atom. The van der Waals surface area contributed by atoms with Crippen molar-refractivity contribution in [1.82, 2.24) is 20.1 Å². The van der Waals surface area contributed by atoms with Crippen molar-refractivity contribution >= 4 is 22.7 Å². The molecule has 2 heterocycles. The highest BCUT2D eigenvalue weighted by Crippen LogP contribution is 2.41. The van der Waals surface area contributed by atoms with Crippen molar-refractivity contribution < 1.29 is 9.59 Å². The van der Waals surface area contributed by atoms with Crippen LogP contribution in [0.25, 0.3) is 11.0 Å². The van der Waals surface area contributed by atoms with Crippen LogP contribution >= 0.6 is 0 Å². The second kappa shape index (κ2) is 8.30. The van der Waals surface area contributed by atoms with Crippen molar-refractivity contribution in [3.63, 3.8) is 0 Å². The van der Waals surface area contributed by atoms with Crippen LogP contribution in [-0.2, 0) is 4.79 Å². The zero-order valence-electron chi connectivity index (χ0n) is 19.3. The smallest absolute Gasteiger partial charge is 0.252 e. The number of pyridine rings is 1. The molecule has 6 nitrogen and oxygen atoms in total. The van der Waals surface area contributed by atoms with E-state index in [4.69, 9.17) is 10.1 Å². The number of amides is 1. The van der Waals surface area contributed by atoms with Crippen LogP contribution in [0.3, 0.4) is 0 Å². The number of fused-ring (bicyclic) bond motifs is 1. The van der Waals surface area contributed by atoms with Crippen molar-refractivity contribution in [1.29, 1.82) is 0 Å². The lowest BCUT2D eigenvalue weighted by Crippen LogP contribution is -2.29. The highest BCUT2D eigenvalue weighted by Gasteiger charge is 2.30. The molecule has 2 saturated carbocycles. The van der Waals surface area contributed by atoms with E-state index in [0.717, 1.165) is 59.3 Å². The summed E-state index contributed by atoms with van der Waals surface area (Å²) in [6.07, 6.45) is 10.7. The number of nitrogens with one attached hydrogen (secondary N) is 1. The fourth-order valence-electron chi connectivity index (χ4n) is 5.27. The third-order valence-electron chi connectivity index (χ3n) is 7.16. The first-order valence-corrected chi connectivity index (χ1v) is 12.0. The molecule has 0 aliphatic heterocycles. The Kier molecular flexibility index (Phi) is 5.48. The normalized spacial score (nSPS) is 20.1. The van der Waals surface area contributed by atoms with Crippen LogP contribution in [0.5, 0.6) is 0 Å². The predicted octanol–water partition coefficient (Wildman–Crippen LogP) is 5.09. The fourth-order valence-corrected chi connectivity index (χ4v) is 5.27. The van der Waals surface area contributed by atoms with E-state index in [9.17, 15) is 9.59 Å². The molecule has 0 radical (unpaired) electrons. The molecule has 3 aliphatic rings. The summed E-state index contributed by atoms with van der Waals surface area (Å²) in [6.45, 7) is 6.14. The molecule has 2 fully saturated rings. The number of ketones is 1. The van der Waals surface area contributed by atoms with Crippen LogP contribution in [0.2, 0.25) is 0 Å². The molecular weight excluding hydrogens is 400 g/mol. The van der Waals surface area contributed by atoms with Crippen LogP contribution in [-0.4, -0.2) is 33.0 Å². The molecule has 32 heavy (non-hydrogen) atoms. The van der Waals surface area contributed by atoms with Crippen LogP contribution in [0.15, 0.2) is 28.9 Å². The van der Waals surface area contributed by atoms with Gasteiger partial charge in [-0.25, -0.2) is 9.67 Å². The third-order valence-corrected chi connectivity index (χ3v) is 7.16. The molecule has 0 saturated heterocycles. The molecule has 5 rings (SSSR count). The SMILES string of the molecule is CC1=CC(C)=C(CNC(=O)c2cc(C3CC3)nc3c2c(C)nn3C2CCCCC2)C(=O)C1. The maximum Gasteiger partial charge on any atom is 0.252 e. The minimum Gasteiger partial charge on any atom is -0.348 e. The molecule has 0 bridgehead atoms. The molecule has 0 atom stereocenters. The highest BCUT2D eigenvalue weighted by atomic mass is 16.2. The molecule has 168 valence electrons. The molecule has 0 aromatic carbocycles. The molecule has 2 aromatic heterocycles. The maximum atomic E-state index is 13.4. The Balaban J connectivity index is 1.50. The molecular formula is C26H32N4O2. The second-order valence-corrected chi connectivity index (χ2v) is 9.82. The number of nitrogens with zero attached hydrogens (tertiary/aromatic N) is 3. The minimum atomic E-state index is -0.148. The standard InChI is InChI=1S/C26H32N4O2/c1-15-11-16(2)21(23(31)12-15)14-27-26(32)20-13-22(18-9-10-18)28-25-24(20)17(3)29-30(25)19-7-5-4-6-8-19/h11,13,18-19H,4-10,12,14H2,1-3H3,(H,27,32). The molecule has 3 aliphatic carbocycles. The summed E-state index contributed by atoms with van der Waals surface area (Å²) in [7, 11) is 0. The molecule has 2 aromatic rings. The van der Waals surface area contributed by atoms with E-state index in [-0.39, 0.29) is 18.2 Å². The van der Waals surface area contributed by atoms with Gasteiger partial charge >= 0.3 is 0 Å². The first-order valence-electron chi connectivity index (χ1n) is 12.0. The van der Waals surface area contributed by atoms with Gasteiger partial charge in [-0.3, -0.25) is 9.59 Å². The Bertz CT molecular complexity index is 1160. The van der Waals surface area contributed by atoms with Crippen LogP contribution < -0.4 is 5.32 Å². The molecule has 0 spiro atoms. The van der Waals surface area contributed by atoms with Gasteiger partial charge in [-0.15, -0.1) is 0 Å². The van der Waals surface area contributed by atoms with E-state index in [0.29, 0.717) is 29.5 Å². The summed E-state index contributed by atoms with van der Waals surface area (Å²) < 4.78 is 2.09. The van der Waals surface area contributed by atoms with Gasteiger partial charge < -0.3 is 5.32 Å². The number of hydrogen-bond donors (Lipinski definition) is 1. The van der Waals surface area contributed by atoms with Gasteiger partial charge in [-0.1, -0.05) is 30.9 Å². The van der Waals surface area contributed by atoms with Gasteiger partial charge in [0, 0.05) is 30.2 Å². The molecule has 1 N–H and O–H groups in total. The van der Waals surface area contributed by atoms with Crippen LogP contribution in [0.4, 0.5) is 0 Å². The largest absolute Gasteiger partial charge is 0.348 e. The summed E-state index contributed by atoms with van der Waals surface area (Å²) in [4.78, 5) is 30.9. The Morgan fingerprint density at radius 2 is 1.88 bits per heavy atom. The number of allylic oxidation sites excluding steroid dienone is 3. The van der Waals surface area contributed by atoms with Gasteiger partial charge in [-0.05, 0) is 58.1 Å². The summed E-state index contributed by atoms with van der Waals surface area (Å²) >= 11 is 0. The number of rotatable bonds is 5. The zero-order chi connectivity index (χ0) is 22.4. The van der Waals surface area contributed by atoms with E-state index in [1.807, 2.05) is 32.9 Å². The van der Waals surface area contributed by atoms with Crippen molar-refractivity contribution in [2.75, 3.05) is 6.54 Å². The van der Waals surface area contributed by atoms with E-state index in [1.54, 1.807) is 0 Å². The second-order valence-electron chi connectivity index (χ2n) is 9.82. The number of aryl methyl sites for hydroxylation is 1. The third kappa shape index (κ3) is 3.91. The fraction of sp³-hybridized carbons (Fsp3) is 0.538. The first kappa shape index (κ1) is 21.1. The number of carbonyl (C=O) groups is 2. The minimum absolute atomic E-state index is 0.0997. The monoisotopic (exact) mass is 432 g/mol. The Hall–Kier alpha value is -2.76. The van der Waals surface area contributed by atoms with Gasteiger partial charge in [0.2, 0.25) is 0 Å². The summed E-state index contributed by atoms with van der Waals surface area (Å²) in [5, 5.41) is 8.75. The summed E-state index contributed by atoms with van der Waals surface area (Å²) in [5.74, 6) is 0.395. The van der Waals surface area contributed by atoms with Gasteiger partial charge in [-0.2, -0.15) is 5.10 Å². The average Bonchev–Trinajstić information content (AvgIpc) is 3.56.